The predicted octanol–water partition coefficient (Wildman–Crippen LogP) is 5.88. The highest BCUT2D eigenvalue weighted by Crippen LogP contribution is 2.42. The average molecular weight is 451 g/mol. The van der Waals surface area contributed by atoms with E-state index in [-0.39, 0.29) is 17.8 Å². The summed E-state index contributed by atoms with van der Waals surface area (Å²) in [5, 5.41) is 8.35. The van der Waals surface area contributed by atoms with Crippen LogP contribution in [-0.2, 0) is 27.8 Å². The molecule has 1 aliphatic rings. The fraction of sp³-hybridized carbons (Fsp3) is 0.519. The van der Waals surface area contributed by atoms with Crippen LogP contribution in [0.2, 0.25) is 0 Å². The maximum Gasteiger partial charge on any atom is 0.311 e. The van der Waals surface area contributed by atoms with Gasteiger partial charge in [-0.1, -0.05) is 46.0 Å². The van der Waals surface area contributed by atoms with E-state index in [1.165, 1.54) is 53.9 Å². The van der Waals surface area contributed by atoms with E-state index >= 15 is 0 Å². The summed E-state index contributed by atoms with van der Waals surface area (Å²) in [7, 11) is 0. The van der Waals surface area contributed by atoms with Crippen LogP contribution in [0.25, 0.3) is 0 Å². The van der Waals surface area contributed by atoms with E-state index in [0.717, 1.165) is 12.0 Å². The highest BCUT2D eigenvalue weighted by atomic mass is 32.2. The number of aromatic nitrogens is 2. The van der Waals surface area contributed by atoms with E-state index < -0.39 is 0 Å². The van der Waals surface area contributed by atoms with Gasteiger partial charge in [0.1, 0.15) is 5.69 Å². The smallest absolute Gasteiger partial charge is 0.311 e. The molecule has 0 unspecified atom stereocenters. The van der Waals surface area contributed by atoms with Crippen LogP contribution in [0.4, 0.5) is 0 Å². The van der Waals surface area contributed by atoms with Crippen LogP contribution in [0, 0.1) is 11.8 Å². The third kappa shape index (κ3) is 6.59. The van der Waals surface area contributed by atoms with Crippen LogP contribution >= 0.6 is 11.8 Å². The third-order valence-electron chi connectivity index (χ3n) is 5.89. The van der Waals surface area contributed by atoms with Crippen molar-refractivity contribution in [3.63, 3.8) is 0 Å². The van der Waals surface area contributed by atoms with Crippen molar-refractivity contribution >= 4 is 17.7 Å². The van der Waals surface area contributed by atoms with Crippen molar-refractivity contribution in [2.75, 3.05) is 12.4 Å². The second kappa shape index (κ2) is 11.5. The van der Waals surface area contributed by atoms with Crippen LogP contribution in [0.5, 0.6) is 0 Å². The molecule has 0 N–H and O–H groups in total. The number of hydrogen-bond donors (Lipinski definition) is 0. The molecule has 0 radical (unpaired) electrons. The number of nitrogens with zero attached hydrogens (tertiary/aromatic N) is 2. The van der Waals surface area contributed by atoms with Crippen LogP contribution in [-0.4, -0.2) is 28.5 Å². The summed E-state index contributed by atoms with van der Waals surface area (Å²) in [6.45, 7) is 9.07. The number of carbonyl (C=O) groups is 1. The standard InChI is InChI=1S/C27H34N2O2S/c1-5-7-8-9-10-20-18-25-24(27(3,4)15-16-32-25)17-21(20)11-12-22-13-14-23(29-28-22)19-26(30)31-6-2/h13-14,17-18H,5-10,15-16,19H2,1-4H3. The second-order valence-electron chi connectivity index (χ2n) is 8.94. The molecule has 0 aliphatic carbocycles. The molecule has 0 atom stereocenters. The molecular weight excluding hydrogens is 416 g/mol. The molecular formula is C27H34N2O2S. The number of ether oxygens (including phenoxy) is 1. The van der Waals surface area contributed by atoms with Gasteiger partial charge < -0.3 is 4.74 Å². The highest BCUT2D eigenvalue weighted by molar-refractivity contribution is 7.99. The summed E-state index contributed by atoms with van der Waals surface area (Å²) < 4.78 is 4.97. The number of hydrogen-bond acceptors (Lipinski definition) is 5. The summed E-state index contributed by atoms with van der Waals surface area (Å²) >= 11 is 1.97. The summed E-state index contributed by atoms with van der Waals surface area (Å²) in [5.74, 6) is 7.47. The monoisotopic (exact) mass is 450 g/mol. The van der Waals surface area contributed by atoms with Crippen LogP contribution in [0.1, 0.15) is 87.9 Å². The Kier molecular flexibility index (Phi) is 8.75. The van der Waals surface area contributed by atoms with Gasteiger partial charge in [-0.3, -0.25) is 4.79 Å². The Morgan fingerprint density at radius 2 is 1.97 bits per heavy atom. The minimum absolute atomic E-state index is 0.133. The lowest BCUT2D eigenvalue weighted by Crippen LogP contribution is -2.23. The molecule has 0 spiro atoms. The molecule has 0 bridgehead atoms. The summed E-state index contributed by atoms with van der Waals surface area (Å²) in [6, 6.07) is 8.32. The molecule has 0 fully saturated rings. The zero-order chi connectivity index (χ0) is 23.0. The molecule has 2 heterocycles. The number of benzene rings is 1. The number of thioether (sulfide) groups is 1. The first-order valence-corrected chi connectivity index (χ1v) is 12.7. The fourth-order valence-electron chi connectivity index (χ4n) is 3.90. The minimum atomic E-state index is -0.289. The van der Waals surface area contributed by atoms with Gasteiger partial charge in [0.15, 0.2) is 0 Å². The molecule has 5 heteroatoms. The first-order chi connectivity index (χ1) is 15.4. The van der Waals surface area contributed by atoms with Crippen molar-refractivity contribution in [1.82, 2.24) is 10.2 Å². The van der Waals surface area contributed by atoms with Crippen molar-refractivity contribution in [3.05, 3.63) is 52.3 Å². The summed E-state index contributed by atoms with van der Waals surface area (Å²) in [5.41, 5.74) is 5.23. The van der Waals surface area contributed by atoms with Crippen molar-refractivity contribution in [2.24, 2.45) is 0 Å². The van der Waals surface area contributed by atoms with Gasteiger partial charge in [-0.15, -0.1) is 16.9 Å². The molecule has 0 amide bonds. The number of rotatable bonds is 8. The van der Waals surface area contributed by atoms with Crippen LogP contribution in [0.15, 0.2) is 29.2 Å². The van der Waals surface area contributed by atoms with E-state index in [1.807, 2.05) is 17.8 Å². The van der Waals surface area contributed by atoms with Crippen molar-refractivity contribution in [1.29, 1.82) is 0 Å². The molecule has 1 aromatic heterocycles. The lowest BCUT2D eigenvalue weighted by Gasteiger charge is -2.32. The van der Waals surface area contributed by atoms with E-state index in [1.54, 1.807) is 13.0 Å². The highest BCUT2D eigenvalue weighted by Gasteiger charge is 2.28. The number of fused-ring (bicyclic) bond motifs is 1. The molecule has 170 valence electrons. The lowest BCUT2D eigenvalue weighted by atomic mass is 9.80. The first kappa shape index (κ1) is 24.3. The Labute approximate surface area is 196 Å². The Bertz CT molecular complexity index is 987. The summed E-state index contributed by atoms with van der Waals surface area (Å²) in [6.07, 6.45) is 7.34. The lowest BCUT2D eigenvalue weighted by molar-refractivity contribution is -0.142. The Hall–Kier alpha value is -2.32. The third-order valence-corrected chi connectivity index (χ3v) is 6.95. The van der Waals surface area contributed by atoms with E-state index in [2.05, 4.69) is 54.9 Å². The van der Waals surface area contributed by atoms with Crippen molar-refractivity contribution in [3.8, 4) is 11.8 Å². The normalized spacial score (nSPS) is 14.2. The molecule has 4 nitrogen and oxygen atoms in total. The first-order valence-electron chi connectivity index (χ1n) is 11.7. The number of esters is 1. The molecule has 1 aromatic carbocycles. The number of unbranched alkanes of at least 4 members (excludes halogenated alkanes) is 3. The molecule has 3 rings (SSSR count). The molecule has 1 aliphatic heterocycles. The van der Waals surface area contributed by atoms with Gasteiger partial charge in [-0.25, -0.2) is 0 Å². The van der Waals surface area contributed by atoms with E-state index in [0.29, 0.717) is 18.0 Å². The second-order valence-corrected chi connectivity index (χ2v) is 10.1. The molecule has 2 aromatic rings. The molecule has 32 heavy (non-hydrogen) atoms. The van der Waals surface area contributed by atoms with Gasteiger partial charge >= 0.3 is 5.97 Å². The quantitative estimate of drug-likeness (QED) is 0.286. The van der Waals surface area contributed by atoms with E-state index in [4.69, 9.17) is 4.74 Å². The average Bonchev–Trinajstić information content (AvgIpc) is 2.76. The van der Waals surface area contributed by atoms with Crippen molar-refractivity contribution in [2.45, 2.75) is 83.0 Å². The maximum atomic E-state index is 11.6. The van der Waals surface area contributed by atoms with Gasteiger partial charge in [-0.2, -0.15) is 5.10 Å². The van der Waals surface area contributed by atoms with E-state index in [9.17, 15) is 4.79 Å². The van der Waals surface area contributed by atoms with Gasteiger partial charge in [0.25, 0.3) is 0 Å². The van der Waals surface area contributed by atoms with Gasteiger partial charge in [0.2, 0.25) is 0 Å². The Morgan fingerprint density at radius 3 is 2.69 bits per heavy atom. The van der Waals surface area contributed by atoms with Gasteiger partial charge in [0, 0.05) is 10.5 Å². The SMILES string of the molecule is CCCCCCc1cc2c(cc1C#Cc1ccc(CC(=O)OCC)nn1)C(C)(C)CCS2. The maximum absolute atomic E-state index is 11.6. The molecule has 0 saturated carbocycles. The molecule has 0 saturated heterocycles. The largest absolute Gasteiger partial charge is 0.466 e. The minimum Gasteiger partial charge on any atom is -0.466 e. The van der Waals surface area contributed by atoms with Crippen molar-refractivity contribution < 1.29 is 9.53 Å². The Morgan fingerprint density at radius 1 is 1.12 bits per heavy atom. The number of aryl methyl sites for hydroxylation is 1. The number of carbonyl (C=O) groups excluding carboxylic acids is 1. The Balaban J connectivity index is 1.84. The van der Waals surface area contributed by atoms with Crippen LogP contribution < -0.4 is 0 Å². The van der Waals surface area contributed by atoms with Gasteiger partial charge in [0.05, 0.1) is 18.7 Å². The zero-order valence-electron chi connectivity index (χ0n) is 19.8. The zero-order valence-corrected chi connectivity index (χ0v) is 20.6. The topological polar surface area (TPSA) is 52.1 Å². The summed E-state index contributed by atoms with van der Waals surface area (Å²) in [4.78, 5) is 13.0. The predicted molar refractivity (Wildman–Crippen MR) is 131 cm³/mol. The van der Waals surface area contributed by atoms with Gasteiger partial charge in [-0.05, 0) is 78.7 Å². The fourth-order valence-corrected chi connectivity index (χ4v) is 5.45. The van der Waals surface area contributed by atoms with Crippen LogP contribution in [0.3, 0.4) is 0 Å².